The summed E-state index contributed by atoms with van der Waals surface area (Å²) in [5.74, 6) is -0.312. The molecule has 0 aliphatic rings. The first-order chi connectivity index (χ1) is 8.15. The maximum absolute atomic E-state index is 10.5. The lowest BCUT2D eigenvalue weighted by Gasteiger charge is -2.03. The van der Waals surface area contributed by atoms with E-state index in [2.05, 4.69) is 5.16 Å². The largest absolute Gasteiger partial charge is 0.508 e. The summed E-state index contributed by atoms with van der Waals surface area (Å²) in [6, 6.07) is 7.53. The molecule has 17 heavy (non-hydrogen) atoms. The van der Waals surface area contributed by atoms with E-state index in [0.717, 1.165) is 0 Å². The Kier molecular flexibility index (Phi) is 2.95. The summed E-state index contributed by atoms with van der Waals surface area (Å²) >= 11 is 0. The van der Waals surface area contributed by atoms with Crippen molar-refractivity contribution in [2.45, 2.75) is 6.61 Å². The predicted octanol–water partition coefficient (Wildman–Crippen LogP) is 1.66. The molecule has 2 N–H and O–H groups in total. The van der Waals surface area contributed by atoms with Gasteiger partial charge in [0.15, 0.2) is 11.5 Å². The van der Waals surface area contributed by atoms with E-state index in [4.69, 9.17) is 14.4 Å². The number of carboxylic acids is 1. The lowest BCUT2D eigenvalue weighted by molar-refractivity contribution is 0.0685. The van der Waals surface area contributed by atoms with Gasteiger partial charge in [0, 0.05) is 12.1 Å². The monoisotopic (exact) mass is 235 g/mol. The molecule has 0 spiro atoms. The van der Waals surface area contributed by atoms with Gasteiger partial charge in [0.2, 0.25) is 0 Å². The Hall–Kier alpha value is -2.50. The van der Waals surface area contributed by atoms with Crippen LogP contribution in [0.15, 0.2) is 34.9 Å². The highest BCUT2D eigenvalue weighted by molar-refractivity contribution is 5.85. The van der Waals surface area contributed by atoms with Crippen LogP contribution in [0.2, 0.25) is 0 Å². The van der Waals surface area contributed by atoms with Gasteiger partial charge in [-0.05, 0) is 12.1 Å². The fourth-order valence-electron chi connectivity index (χ4n) is 1.21. The van der Waals surface area contributed by atoms with Gasteiger partial charge < -0.3 is 19.5 Å². The van der Waals surface area contributed by atoms with Gasteiger partial charge in [-0.15, -0.1) is 0 Å². The van der Waals surface area contributed by atoms with Crippen LogP contribution in [0.3, 0.4) is 0 Å². The van der Waals surface area contributed by atoms with Crippen LogP contribution < -0.4 is 4.74 Å². The molecular formula is C11H9NO5. The Morgan fingerprint density at radius 3 is 2.88 bits per heavy atom. The van der Waals surface area contributed by atoms with Gasteiger partial charge in [-0.25, -0.2) is 4.79 Å². The van der Waals surface area contributed by atoms with Crippen molar-refractivity contribution in [2.24, 2.45) is 0 Å². The van der Waals surface area contributed by atoms with Crippen LogP contribution in [0.4, 0.5) is 0 Å². The van der Waals surface area contributed by atoms with Crippen LogP contribution in [-0.4, -0.2) is 21.3 Å². The summed E-state index contributed by atoms with van der Waals surface area (Å²) in [4.78, 5) is 10.5. The lowest BCUT2D eigenvalue weighted by atomic mass is 10.3. The number of carbonyl (C=O) groups is 1. The van der Waals surface area contributed by atoms with Crippen molar-refractivity contribution in [3.63, 3.8) is 0 Å². The van der Waals surface area contributed by atoms with Gasteiger partial charge in [-0.1, -0.05) is 11.2 Å². The third-order valence-corrected chi connectivity index (χ3v) is 1.98. The minimum absolute atomic E-state index is 0.0454. The molecule has 1 heterocycles. The maximum Gasteiger partial charge on any atom is 0.358 e. The molecule has 6 heteroatoms. The maximum atomic E-state index is 10.5. The van der Waals surface area contributed by atoms with Gasteiger partial charge in [-0.3, -0.25) is 0 Å². The topological polar surface area (TPSA) is 92.8 Å². The summed E-state index contributed by atoms with van der Waals surface area (Å²) in [6.45, 7) is 0.0454. The molecule has 0 unspecified atom stereocenters. The number of phenols is 1. The minimum atomic E-state index is -1.16. The van der Waals surface area contributed by atoms with E-state index < -0.39 is 5.97 Å². The fraction of sp³-hybridized carbons (Fsp3) is 0.0909. The highest BCUT2D eigenvalue weighted by Crippen LogP contribution is 2.19. The number of aromatic hydroxyl groups is 1. The number of hydrogen-bond donors (Lipinski definition) is 2. The molecule has 1 aromatic carbocycles. The summed E-state index contributed by atoms with van der Waals surface area (Å²) in [5.41, 5.74) is -0.167. The van der Waals surface area contributed by atoms with Crippen molar-refractivity contribution in [1.29, 1.82) is 0 Å². The van der Waals surface area contributed by atoms with Crippen molar-refractivity contribution in [3.8, 4) is 11.5 Å². The molecule has 0 saturated heterocycles. The van der Waals surface area contributed by atoms with E-state index >= 15 is 0 Å². The molecule has 2 aromatic rings. The quantitative estimate of drug-likeness (QED) is 0.837. The number of ether oxygens (including phenoxy) is 1. The molecule has 0 radical (unpaired) electrons. The standard InChI is InChI=1S/C11H9NO5/c13-7-2-1-3-8(4-7)16-6-9-5-10(11(14)15)12-17-9/h1-5,13H,6H2,(H,14,15). The van der Waals surface area contributed by atoms with Crippen LogP contribution in [0.1, 0.15) is 16.2 Å². The number of rotatable bonds is 4. The van der Waals surface area contributed by atoms with Gasteiger partial charge in [-0.2, -0.15) is 0 Å². The predicted molar refractivity (Wildman–Crippen MR) is 55.9 cm³/mol. The van der Waals surface area contributed by atoms with E-state index in [0.29, 0.717) is 11.5 Å². The van der Waals surface area contributed by atoms with Crippen molar-refractivity contribution in [1.82, 2.24) is 5.16 Å². The van der Waals surface area contributed by atoms with E-state index in [1.54, 1.807) is 12.1 Å². The van der Waals surface area contributed by atoms with Gasteiger partial charge >= 0.3 is 5.97 Å². The van der Waals surface area contributed by atoms with Crippen molar-refractivity contribution < 1.29 is 24.3 Å². The highest BCUT2D eigenvalue weighted by atomic mass is 16.5. The Morgan fingerprint density at radius 1 is 1.41 bits per heavy atom. The van der Waals surface area contributed by atoms with Crippen LogP contribution in [-0.2, 0) is 6.61 Å². The van der Waals surface area contributed by atoms with E-state index in [-0.39, 0.29) is 18.1 Å². The second-order valence-electron chi connectivity index (χ2n) is 3.27. The second kappa shape index (κ2) is 4.56. The summed E-state index contributed by atoms with van der Waals surface area (Å²) in [6.07, 6.45) is 0. The van der Waals surface area contributed by atoms with Crippen molar-refractivity contribution >= 4 is 5.97 Å². The zero-order chi connectivity index (χ0) is 12.3. The molecule has 2 rings (SSSR count). The van der Waals surface area contributed by atoms with Crippen LogP contribution in [0.25, 0.3) is 0 Å². The van der Waals surface area contributed by atoms with Crippen LogP contribution in [0.5, 0.6) is 11.5 Å². The number of nitrogens with zero attached hydrogens (tertiary/aromatic N) is 1. The number of carboxylic acid groups (broad SMARTS) is 1. The first-order valence-corrected chi connectivity index (χ1v) is 4.76. The molecule has 0 fully saturated rings. The Bertz CT molecular complexity index is 534. The molecule has 0 amide bonds. The molecule has 1 aromatic heterocycles. The van der Waals surface area contributed by atoms with E-state index in [9.17, 15) is 9.90 Å². The summed E-state index contributed by atoms with van der Waals surface area (Å²) < 4.78 is 10.0. The average Bonchev–Trinajstić information content (AvgIpc) is 2.75. The van der Waals surface area contributed by atoms with Crippen LogP contribution >= 0.6 is 0 Å². The molecule has 0 saturated carbocycles. The fourth-order valence-corrected chi connectivity index (χ4v) is 1.21. The molecule has 0 atom stereocenters. The normalized spacial score (nSPS) is 10.1. The Morgan fingerprint density at radius 2 is 2.24 bits per heavy atom. The second-order valence-corrected chi connectivity index (χ2v) is 3.27. The lowest BCUT2D eigenvalue weighted by Crippen LogP contribution is -1.95. The third-order valence-electron chi connectivity index (χ3n) is 1.98. The zero-order valence-electron chi connectivity index (χ0n) is 8.66. The van der Waals surface area contributed by atoms with E-state index in [1.165, 1.54) is 18.2 Å². The Balaban J connectivity index is 2.00. The number of hydrogen-bond acceptors (Lipinski definition) is 5. The SMILES string of the molecule is O=C(O)c1cc(COc2cccc(O)c2)on1. The van der Waals surface area contributed by atoms with Crippen molar-refractivity contribution in [2.75, 3.05) is 0 Å². The zero-order valence-corrected chi connectivity index (χ0v) is 8.66. The average molecular weight is 235 g/mol. The number of aromatic nitrogens is 1. The Labute approximate surface area is 96.0 Å². The molecule has 0 aliphatic heterocycles. The molecule has 88 valence electrons. The molecule has 6 nitrogen and oxygen atoms in total. The van der Waals surface area contributed by atoms with Gasteiger partial charge in [0.05, 0.1) is 0 Å². The highest BCUT2D eigenvalue weighted by Gasteiger charge is 2.10. The number of benzene rings is 1. The van der Waals surface area contributed by atoms with Gasteiger partial charge in [0.1, 0.15) is 18.1 Å². The van der Waals surface area contributed by atoms with Crippen molar-refractivity contribution in [3.05, 3.63) is 41.8 Å². The minimum Gasteiger partial charge on any atom is -0.508 e. The number of phenolic OH excluding ortho intramolecular Hbond substituents is 1. The van der Waals surface area contributed by atoms with Crippen LogP contribution in [0, 0.1) is 0 Å². The molecule has 0 aliphatic carbocycles. The smallest absolute Gasteiger partial charge is 0.358 e. The molecular weight excluding hydrogens is 226 g/mol. The summed E-state index contributed by atoms with van der Waals surface area (Å²) in [5, 5.41) is 21.2. The van der Waals surface area contributed by atoms with Gasteiger partial charge in [0.25, 0.3) is 0 Å². The number of aromatic carboxylic acids is 1. The first kappa shape index (κ1) is 11.0. The van der Waals surface area contributed by atoms with E-state index in [1.807, 2.05) is 0 Å². The first-order valence-electron chi connectivity index (χ1n) is 4.76. The third kappa shape index (κ3) is 2.75. The summed E-state index contributed by atoms with van der Waals surface area (Å²) in [7, 11) is 0. The molecule has 0 bridgehead atoms.